The highest BCUT2D eigenvalue weighted by atomic mass is 15.1. The van der Waals surface area contributed by atoms with E-state index in [1.807, 2.05) is 30.5 Å². The zero-order valence-electron chi connectivity index (χ0n) is 12.6. The average molecular weight is 292 g/mol. The van der Waals surface area contributed by atoms with Crippen molar-refractivity contribution in [2.45, 2.75) is 13.3 Å². The number of hydrogen-bond donors (Lipinski definition) is 3. The summed E-state index contributed by atoms with van der Waals surface area (Å²) in [6, 6.07) is 16.4. The van der Waals surface area contributed by atoms with Crippen molar-refractivity contribution in [1.82, 2.24) is 4.98 Å². The number of anilines is 1. The monoisotopic (exact) mass is 292 g/mol. The molecule has 2 aromatic carbocycles. The minimum absolute atomic E-state index is 0.449. The summed E-state index contributed by atoms with van der Waals surface area (Å²) >= 11 is 0. The van der Waals surface area contributed by atoms with Crippen LogP contribution < -0.4 is 11.1 Å². The standard InChI is InChI=1S/C18H20N4/c1-13-5-4-6-15(11-13)22-18(19)20-10-9-14-12-21-17-8-3-2-7-16(14)17/h2-8,11-12,21H,9-10H2,1H3,(H3,19,20,22). The largest absolute Gasteiger partial charge is 0.370 e. The van der Waals surface area contributed by atoms with Crippen LogP contribution in [0.2, 0.25) is 0 Å². The molecular formula is C18H20N4. The number of nitrogens with one attached hydrogen (secondary N) is 2. The maximum Gasteiger partial charge on any atom is 0.193 e. The second-order valence-electron chi connectivity index (χ2n) is 5.37. The molecule has 0 fully saturated rings. The molecule has 0 saturated heterocycles. The lowest BCUT2D eigenvalue weighted by Crippen LogP contribution is -2.23. The van der Waals surface area contributed by atoms with Gasteiger partial charge in [-0.1, -0.05) is 30.3 Å². The summed E-state index contributed by atoms with van der Waals surface area (Å²) in [5.41, 5.74) is 10.5. The van der Waals surface area contributed by atoms with Crippen molar-refractivity contribution in [2.75, 3.05) is 11.9 Å². The molecule has 3 rings (SSSR count). The van der Waals surface area contributed by atoms with E-state index in [4.69, 9.17) is 5.73 Å². The van der Waals surface area contributed by atoms with Crippen LogP contribution in [0, 0.1) is 6.92 Å². The zero-order valence-corrected chi connectivity index (χ0v) is 12.6. The zero-order chi connectivity index (χ0) is 15.4. The number of nitrogens with zero attached hydrogens (tertiary/aromatic N) is 1. The molecule has 1 heterocycles. The van der Waals surface area contributed by atoms with E-state index in [9.17, 15) is 0 Å². The number of benzene rings is 2. The molecule has 3 aromatic rings. The first-order chi connectivity index (χ1) is 10.7. The van der Waals surface area contributed by atoms with Gasteiger partial charge in [0.25, 0.3) is 0 Å². The molecule has 0 aliphatic rings. The molecule has 0 radical (unpaired) electrons. The molecule has 4 N–H and O–H groups in total. The van der Waals surface area contributed by atoms with Gasteiger partial charge in [0.15, 0.2) is 5.96 Å². The van der Waals surface area contributed by atoms with E-state index >= 15 is 0 Å². The van der Waals surface area contributed by atoms with E-state index in [0.717, 1.165) is 17.6 Å². The first kappa shape index (κ1) is 14.2. The maximum absolute atomic E-state index is 5.94. The Morgan fingerprint density at radius 3 is 2.91 bits per heavy atom. The molecule has 22 heavy (non-hydrogen) atoms. The van der Waals surface area contributed by atoms with Gasteiger partial charge in [-0.3, -0.25) is 4.99 Å². The van der Waals surface area contributed by atoms with Crippen LogP contribution >= 0.6 is 0 Å². The van der Waals surface area contributed by atoms with Gasteiger partial charge >= 0.3 is 0 Å². The molecule has 0 aliphatic heterocycles. The van der Waals surface area contributed by atoms with E-state index in [1.54, 1.807) is 0 Å². The van der Waals surface area contributed by atoms with Gasteiger partial charge in [0, 0.05) is 29.3 Å². The lowest BCUT2D eigenvalue weighted by Gasteiger charge is -2.06. The number of nitrogens with two attached hydrogens (primary N) is 1. The summed E-state index contributed by atoms with van der Waals surface area (Å²) < 4.78 is 0. The Kier molecular flexibility index (Phi) is 4.10. The van der Waals surface area contributed by atoms with Crippen molar-refractivity contribution in [3.8, 4) is 0 Å². The van der Waals surface area contributed by atoms with Crippen molar-refractivity contribution in [3.63, 3.8) is 0 Å². The molecule has 0 unspecified atom stereocenters. The lowest BCUT2D eigenvalue weighted by atomic mass is 10.1. The molecule has 0 amide bonds. The fourth-order valence-electron chi connectivity index (χ4n) is 2.55. The number of rotatable bonds is 4. The lowest BCUT2D eigenvalue weighted by molar-refractivity contribution is 0.972. The number of aromatic nitrogens is 1. The van der Waals surface area contributed by atoms with Crippen LogP contribution in [0.4, 0.5) is 5.69 Å². The van der Waals surface area contributed by atoms with Crippen LogP contribution in [0.15, 0.2) is 59.7 Å². The fraction of sp³-hybridized carbons (Fsp3) is 0.167. The van der Waals surface area contributed by atoms with E-state index in [0.29, 0.717) is 12.5 Å². The van der Waals surface area contributed by atoms with E-state index < -0.39 is 0 Å². The first-order valence-corrected chi connectivity index (χ1v) is 7.41. The van der Waals surface area contributed by atoms with E-state index in [1.165, 1.54) is 16.5 Å². The third-order valence-corrected chi connectivity index (χ3v) is 3.63. The van der Waals surface area contributed by atoms with Gasteiger partial charge < -0.3 is 16.0 Å². The quantitative estimate of drug-likeness (QED) is 0.509. The van der Waals surface area contributed by atoms with Crippen molar-refractivity contribution < 1.29 is 0 Å². The van der Waals surface area contributed by atoms with Gasteiger partial charge in [0.2, 0.25) is 0 Å². The summed E-state index contributed by atoms with van der Waals surface area (Å²) in [6.07, 6.45) is 2.91. The van der Waals surface area contributed by atoms with Crippen molar-refractivity contribution >= 4 is 22.5 Å². The number of hydrogen-bond acceptors (Lipinski definition) is 1. The Morgan fingerprint density at radius 2 is 2.05 bits per heavy atom. The Labute approximate surface area is 130 Å². The van der Waals surface area contributed by atoms with Gasteiger partial charge in [-0.15, -0.1) is 0 Å². The van der Waals surface area contributed by atoms with Crippen LogP contribution in [-0.4, -0.2) is 17.5 Å². The van der Waals surface area contributed by atoms with Crippen LogP contribution in [0.5, 0.6) is 0 Å². The van der Waals surface area contributed by atoms with E-state index in [2.05, 4.69) is 46.5 Å². The third-order valence-electron chi connectivity index (χ3n) is 3.63. The van der Waals surface area contributed by atoms with Crippen molar-refractivity contribution in [1.29, 1.82) is 0 Å². The first-order valence-electron chi connectivity index (χ1n) is 7.41. The van der Waals surface area contributed by atoms with Gasteiger partial charge in [0.1, 0.15) is 0 Å². The highest BCUT2D eigenvalue weighted by Crippen LogP contribution is 2.18. The number of aryl methyl sites for hydroxylation is 1. The minimum atomic E-state index is 0.449. The summed E-state index contributed by atoms with van der Waals surface area (Å²) in [4.78, 5) is 7.68. The van der Waals surface area contributed by atoms with Gasteiger partial charge in [-0.2, -0.15) is 0 Å². The van der Waals surface area contributed by atoms with Gasteiger partial charge in [-0.25, -0.2) is 0 Å². The second kappa shape index (κ2) is 6.35. The van der Waals surface area contributed by atoms with Gasteiger partial charge in [-0.05, 0) is 42.7 Å². The maximum atomic E-state index is 5.94. The molecular weight excluding hydrogens is 272 g/mol. The molecule has 0 aliphatic carbocycles. The Bertz CT molecular complexity index is 801. The van der Waals surface area contributed by atoms with Crippen LogP contribution in [0.25, 0.3) is 10.9 Å². The van der Waals surface area contributed by atoms with Crippen molar-refractivity contribution in [3.05, 3.63) is 65.9 Å². The predicted octanol–water partition coefficient (Wildman–Crippen LogP) is 3.45. The SMILES string of the molecule is Cc1cccc(NC(N)=NCCc2c[nH]c3ccccc23)c1. The molecule has 1 aromatic heterocycles. The van der Waals surface area contributed by atoms with Gasteiger partial charge in [0.05, 0.1) is 0 Å². The number of fused-ring (bicyclic) bond motifs is 1. The summed E-state index contributed by atoms with van der Waals surface area (Å²) in [6.45, 7) is 2.71. The predicted molar refractivity (Wildman–Crippen MR) is 93.3 cm³/mol. The highest BCUT2D eigenvalue weighted by molar-refractivity contribution is 5.92. The average Bonchev–Trinajstić information content (AvgIpc) is 2.91. The Morgan fingerprint density at radius 1 is 1.18 bits per heavy atom. The summed E-state index contributed by atoms with van der Waals surface area (Å²) in [5.74, 6) is 0.449. The molecule has 0 saturated carbocycles. The Balaban J connectivity index is 1.62. The molecule has 112 valence electrons. The van der Waals surface area contributed by atoms with E-state index in [-0.39, 0.29) is 0 Å². The third kappa shape index (κ3) is 3.28. The molecule has 0 atom stereocenters. The normalized spacial score (nSPS) is 11.8. The second-order valence-corrected chi connectivity index (χ2v) is 5.37. The number of aliphatic imine (C=N–C) groups is 1. The van der Waals surface area contributed by atoms with Crippen LogP contribution in [0.3, 0.4) is 0 Å². The Hall–Kier alpha value is -2.75. The smallest absolute Gasteiger partial charge is 0.193 e. The molecule has 0 bridgehead atoms. The molecule has 4 heteroatoms. The highest BCUT2D eigenvalue weighted by Gasteiger charge is 2.02. The fourth-order valence-corrected chi connectivity index (χ4v) is 2.55. The summed E-state index contributed by atoms with van der Waals surface area (Å²) in [5, 5.41) is 4.37. The van der Waals surface area contributed by atoms with Crippen LogP contribution in [-0.2, 0) is 6.42 Å². The number of guanidine groups is 1. The molecule has 0 spiro atoms. The summed E-state index contributed by atoms with van der Waals surface area (Å²) in [7, 11) is 0. The number of aromatic amines is 1. The minimum Gasteiger partial charge on any atom is -0.370 e. The number of para-hydroxylation sites is 1. The number of H-pyrrole nitrogens is 1. The molecule has 4 nitrogen and oxygen atoms in total. The topological polar surface area (TPSA) is 66.2 Å². The van der Waals surface area contributed by atoms with Crippen LogP contribution in [0.1, 0.15) is 11.1 Å². The van der Waals surface area contributed by atoms with Crippen molar-refractivity contribution in [2.24, 2.45) is 10.7 Å².